The zero-order chi connectivity index (χ0) is 12.3. The molecule has 1 saturated heterocycles. The number of rotatable bonds is 3. The normalized spacial score (nSPS) is 23.6. The molecule has 1 heterocycles. The van der Waals surface area contributed by atoms with Crippen molar-refractivity contribution in [2.75, 3.05) is 6.54 Å². The van der Waals surface area contributed by atoms with Gasteiger partial charge in [0.2, 0.25) is 0 Å². The lowest BCUT2D eigenvalue weighted by Crippen LogP contribution is -2.32. The third-order valence-corrected chi connectivity index (χ3v) is 3.49. The van der Waals surface area contributed by atoms with Crippen LogP contribution in [0.3, 0.4) is 0 Å². The van der Waals surface area contributed by atoms with Crippen molar-refractivity contribution in [3.63, 3.8) is 0 Å². The molecule has 1 aromatic carbocycles. The van der Waals surface area contributed by atoms with Crippen molar-refractivity contribution in [1.82, 2.24) is 5.32 Å². The number of hydrogen-bond acceptors (Lipinski definition) is 4. The molecule has 0 aromatic heterocycles. The molecule has 0 unspecified atom stereocenters. The summed E-state index contributed by atoms with van der Waals surface area (Å²) in [4.78, 5) is 11.7. The Hall–Kier alpha value is -0.910. The Bertz CT molecular complexity index is 410. The molecule has 0 aliphatic carbocycles. The Morgan fingerprint density at radius 2 is 2.29 bits per heavy atom. The fraction of sp³-hybridized carbons (Fsp3) is 0.417. The number of β-amino-alcohol motifs (C(OH)–C–C–N with tert-alkyl or cyclic N) is 1. The van der Waals surface area contributed by atoms with Crippen LogP contribution in [0.15, 0.2) is 28.7 Å². The van der Waals surface area contributed by atoms with E-state index in [-0.39, 0.29) is 18.6 Å². The molecule has 4 nitrogen and oxygen atoms in total. The standard InChI is InChI=1S/C12H14BrNO3/c13-10-4-2-1-3-8(10)7-17-12(16)11-5-9(15)6-14-11/h1-4,9,11,14-15H,5-7H2/t9-,11+/m1/s1. The van der Waals surface area contributed by atoms with Gasteiger partial charge in [0, 0.05) is 23.0 Å². The molecule has 1 fully saturated rings. The van der Waals surface area contributed by atoms with Gasteiger partial charge < -0.3 is 15.2 Å². The summed E-state index contributed by atoms with van der Waals surface area (Å²) >= 11 is 3.39. The summed E-state index contributed by atoms with van der Waals surface area (Å²) in [6, 6.07) is 7.22. The van der Waals surface area contributed by atoms with Crippen molar-refractivity contribution in [1.29, 1.82) is 0 Å². The number of carbonyl (C=O) groups is 1. The van der Waals surface area contributed by atoms with E-state index < -0.39 is 6.10 Å². The molecule has 0 saturated carbocycles. The van der Waals surface area contributed by atoms with E-state index in [0.717, 1.165) is 10.0 Å². The lowest BCUT2D eigenvalue weighted by Gasteiger charge is -2.11. The van der Waals surface area contributed by atoms with Crippen molar-refractivity contribution in [3.05, 3.63) is 34.3 Å². The van der Waals surface area contributed by atoms with Gasteiger partial charge >= 0.3 is 5.97 Å². The summed E-state index contributed by atoms with van der Waals surface area (Å²) in [7, 11) is 0. The van der Waals surface area contributed by atoms with E-state index in [4.69, 9.17) is 4.74 Å². The molecular weight excluding hydrogens is 286 g/mol. The van der Waals surface area contributed by atoms with E-state index in [1.807, 2.05) is 24.3 Å². The average molecular weight is 300 g/mol. The number of halogens is 1. The highest BCUT2D eigenvalue weighted by Gasteiger charge is 2.29. The third kappa shape index (κ3) is 3.28. The smallest absolute Gasteiger partial charge is 0.323 e. The molecule has 0 amide bonds. The quantitative estimate of drug-likeness (QED) is 0.824. The van der Waals surface area contributed by atoms with E-state index in [0.29, 0.717) is 13.0 Å². The van der Waals surface area contributed by atoms with Gasteiger partial charge in [0.1, 0.15) is 12.6 Å². The Balaban J connectivity index is 1.86. The van der Waals surface area contributed by atoms with Gasteiger partial charge in [-0.2, -0.15) is 0 Å². The number of nitrogens with one attached hydrogen (secondary N) is 1. The first-order chi connectivity index (χ1) is 8.16. The Kier molecular flexibility index (Phi) is 4.15. The van der Waals surface area contributed by atoms with Crippen LogP contribution >= 0.6 is 15.9 Å². The first-order valence-corrected chi connectivity index (χ1v) is 6.27. The summed E-state index contributed by atoms with van der Waals surface area (Å²) in [5, 5.41) is 12.2. The summed E-state index contributed by atoms with van der Waals surface area (Å²) in [6.45, 7) is 0.698. The predicted octanol–water partition coefficient (Wildman–Crippen LogP) is 1.22. The van der Waals surface area contributed by atoms with Crippen molar-refractivity contribution >= 4 is 21.9 Å². The molecule has 5 heteroatoms. The molecule has 2 N–H and O–H groups in total. The van der Waals surface area contributed by atoms with Crippen LogP contribution in [-0.4, -0.2) is 29.8 Å². The number of aliphatic hydroxyl groups excluding tert-OH is 1. The van der Waals surface area contributed by atoms with Crippen LogP contribution in [0.5, 0.6) is 0 Å². The van der Waals surface area contributed by atoms with Crippen LogP contribution in [0.1, 0.15) is 12.0 Å². The second-order valence-corrected chi connectivity index (χ2v) is 4.90. The molecule has 0 radical (unpaired) electrons. The second-order valence-electron chi connectivity index (χ2n) is 4.05. The average Bonchev–Trinajstić information content (AvgIpc) is 2.74. The highest BCUT2D eigenvalue weighted by atomic mass is 79.9. The fourth-order valence-electron chi connectivity index (χ4n) is 1.76. The highest BCUT2D eigenvalue weighted by molar-refractivity contribution is 9.10. The zero-order valence-corrected chi connectivity index (χ0v) is 10.8. The Morgan fingerprint density at radius 3 is 2.94 bits per heavy atom. The van der Waals surface area contributed by atoms with Gasteiger partial charge in [0.25, 0.3) is 0 Å². The number of aliphatic hydroxyl groups is 1. The predicted molar refractivity (Wildman–Crippen MR) is 66.4 cm³/mol. The van der Waals surface area contributed by atoms with Gasteiger partial charge in [-0.15, -0.1) is 0 Å². The SMILES string of the molecule is O=C(OCc1ccccc1Br)[C@@H]1C[C@@H](O)CN1. The number of ether oxygens (including phenoxy) is 1. The molecular formula is C12H14BrNO3. The van der Waals surface area contributed by atoms with E-state index in [2.05, 4.69) is 21.2 Å². The Morgan fingerprint density at radius 1 is 1.53 bits per heavy atom. The summed E-state index contributed by atoms with van der Waals surface area (Å²) in [6.07, 6.45) is -0.0227. The minimum Gasteiger partial charge on any atom is -0.460 e. The first kappa shape index (κ1) is 12.5. The third-order valence-electron chi connectivity index (χ3n) is 2.72. The topological polar surface area (TPSA) is 58.6 Å². The van der Waals surface area contributed by atoms with E-state index in [9.17, 15) is 9.90 Å². The monoisotopic (exact) mass is 299 g/mol. The molecule has 2 rings (SSSR count). The maximum atomic E-state index is 11.7. The lowest BCUT2D eigenvalue weighted by atomic mass is 10.2. The van der Waals surface area contributed by atoms with Crippen molar-refractivity contribution in [2.24, 2.45) is 0 Å². The van der Waals surface area contributed by atoms with Gasteiger partial charge in [-0.05, 0) is 6.07 Å². The summed E-state index contributed by atoms with van der Waals surface area (Å²) in [5.41, 5.74) is 0.930. The summed E-state index contributed by atoms with van der Waals surface area (Å²) in [5.74, 6) is -0.308. The van der Waals surface area contributed by atoms with Crippen LogP contribution in [0.4, 0.5) is 0 Å². The largest absolute Gasteiger partial charge is 0.460 e. The number of hydrogen-bond donors (Lipinski definition) is 2. The molecule has 2 atom stereocenters. The second kappa shape index (κ2) is 5.62. The molecule has 1 aliphatic heterocycles. The molecule has 1 aliphatic rings. The van der Waals surface area contributed by atoms with Crippen LogP contribution in [0.25, 0.3) is 0 Å². The van der Waals surface area contributed by atoms with Gasteiger partial charge in [-0.1, -0.05) is 34.1 Å². The minimum absolute atomic E-state index is 0.245. The zero-order valence-electron chi connectivity index (χ0n) is 9.23. The molecule has 92 valence electrons. The van der Waals surface area contributed by atoms with Crippen LogP contribution in [-0.2, 0) is 16.1 Å². The number of esters is 1. The maximum absolute atomic E-state index is 11.7. The lowest BCUT2D eigenvalue weighted by molar-refractivity contribution is -0.147. The molecule has 1 aromatic rings. The van der Waals surface area contributed by atoms with Crippen molar-refractivity contribution in [3.8, 4) is 0 Å². The van der Waals surface area contributed by atoms with Gasteiger partial charge in [-0.25, -0.2) is 0 Å². The number of benzene rings is 1. The van der Waals surface area contributed by atoms with Crippen LogP contribution in [0, 0.1) is 0 Å². The number of carbonyl (C=O) groups excluding carboxylic acids is 1. The van der Waals surface area contributed by atoms with E-state index in [1.165, 1.54) is 0 Å². The maximum Gasteiger partial charge on any atom is 0.323 e. The fourth-order valence-corrected chi connectivity index (χ4v) is 2.16. The summed E-state index contributed by atoms with van der Waals surface area (Å²) < 4.78 is 6.12. The first-order valence-electron chi connectivity index (χ1n) is 5.48. The van der Waals surface area contributed by atoms with E-state index >= 15 is 0 Å². The van der Waals surface area contributed by atoms with Crippen molar-refractivity contribution < 1.29 is 14.6 Å². The minimum atomic E-state index is -0.448. The van der Waals surface area contributed by atoms with Gasteiger partial charge in [-0.3, -0.25) is 4.79 Å². The highest BCUT2D eigenvalue weighted by Crippen LogP contribution is 2.17. The van der Waals surface area contributed by atoms with Crippen LogP contribution < -0.4 is 5.32 Å². The van der Waals surface area contributed by atoms with Crippen LogP contribution in [0.2, 0.25) is 0 Å². The molecule has 0 bridgehead atoms. The molecule has 17 heavy (non-hydrogen) atoms. The van der Waals surface area contributed by atoms with Gasteiger partial charge in [0.05, 0.1) is 6.10 Å². The van der Waals surface area contributed by atoms with E-state index in [1.54, 1.807) is 0 Å². The van der Waals surface area contributed by atoms with Crippen molar-refractivity contribution in [2.45, 2.75) is 25.2 Å². The molecule has 0 spiro atoms. The Labute approximate surface area is 108 Å². The van der Waals surface area contributed by atoms with Gasteiger partial charge in [0.15, 0.2) is 0 Å².